The lowest BCUT2D eigenvalue weighted by Crippen LogP contribution is -2.00. The van der Waals surface area contributed by atoms with Crippen LogP contribution in [0.3, 0.4) is 0 Å². The van der Waals surface area contributed by atoms with Crippen LogP contribution < -0.4 is 11.5 Å². The topological polar surface area (TPSA) is 92.5 Å². The Labute approximate surface area is 233 Å². The second-order valence-corrected chi connectivity index (χ2v) is 9.68. The van der Waals surface area contributed by atoms with Crippen molar-refractivity contribution < 1.29 is 10.2 Å². The molecule has 0 fully saturated rings. The molecule has 0 spiro atoms. The smallest absolute Gasteiger partial charge is 0.133 e. The molecule has 0 radical (unpaired) electrons. The molecule has 40 heavy (non-hydrogen) atoms. The van der Waals surface area contributed by atoms with Crippen molar-refractivity contribution in [1.82, 2.24) is 0 Å². The third-order valence-electron chi connectivity index (χ3n) is 7.26. The monoisotopic (exact) mass is 520 g/mol. The second kappa shape index (κ2) is 10.4. The number of hydrogen-bond acceptors (Lipinski definition) is 4. The summed E-state index contributed by atoms with van der Waals surface area (Å²) < 4.78 is 0. The summed E-state index contributed by atoms with van der Waals surface area (Å²) in [5.74, 6) is -0.0250. The molecule has 0 bridgehead atoms. The minimum absolute atomic E-state index is 0.0125. The lowest BCUT2D eigenvalue weighted by Gasteiger charge is -2.21. The number of nitrogens with two attached hydrogens (primary N) is 2. The molecule has 0 aliphatic heterocycles. The first-order valence-corrected chi connectivity index (χ1v) is 13.1. The van der Waals surface area contributed by atoms with E-state index in [4.69, 9.17) is 11.5 Å². The molecule has 194 valence electrons. The number of phenolic OH excluding ortho intramolecular Hbond substituents is 2. The van der Waals surface area contributed by atoms with Gasteiger partial charge < -0.3 is 21.7 Å². The van der Waals surface area contributed by atoms with E-state index in [1.807, 2.05) is 133 Å². The number of benzene rings is 6. The summed E-state index contributed by atoms with van der Waals surface area (Å²) in [5, 5.41) is 23.7. The van der Waals surface area contributed by atoms with Crippen molar-refractivity contribution in [2.45, 2.75) is 0 Å². The molecule has 6 N–H and O–H groups in total. The zero-order valence-corrected chi connectivity index (χ0v) is 21.8. The minimum Gasteiger partial charge on any atom is -0.507 e. The van der Waals surface area contributed by atoms with Crippen molar-refractivity contribution >= 4 is 11.4 Å². The van der Waals surface area contributed by atoms with Gasteiger partial charge in [-0.05, 0) is 34.4 Å². The molecular formula is C36H28N2O2. The van der Waals surface area contributed by atoms with Crippen LogP contribution in [0.15, 0.2) is 133 Å². The summed E-state index contributed by atoms with van der Waals surface area (Å²) in [7, 11) is 0. The zero-order chi connectivity index (χ0) is 27.6. The van der Waals surface area contributed by atoms with Crippen molar-refractivity contribution in [2.24, 2.45) is 0 Å². The van der Waals surface area contributed by atoms with Gasteiger partial charge in [-0.15, -0.1) is 0 Å². The van der Waals surface area contributed by atoms with E-state index in [1.54, 1.807) is 0 Å². The van der Waals surface area contributed by atoms with Gasteiger partial charge in [-0.3, -0.25) is 0 Å². The molecule has 0 heterocycles. The van der Waals surface area contributed by atoms with Gasteiger partial charge >= 0.3 is 0 Å². The Bertz CT molecular complexity index is 1670. The summed E-state index contributed by atoms with van der Waals surface area (Å²) in [4.78, 5) is 0. The Balaban J connectivity index is 1.72. The minimum atomic E-state index is -0.0125. The molecule has 6 aromatic rings. The molecule has 0 aliphatic carbocycles. The molecule has 0 amide bonds. The molecule has 6 rings (SSSR count). The number of nitrogen functional groups attached to an aromatic ring is 2. The van der Waals surface area contributed by atoms with E-state index in [0.29, 0.717) is 33.6 Å². The number of anilines is 2. The van der Waals surface area contributed by atoms with Gasteiger partial charge in [0, 0.05) is 33.4 Å². The molecule has 0 atom stereocenters. The fourth-order valence-corrected chi connectivity index (χ4v) is 5.29. The van der Waals surface area contributed by atoms with Crippen LogP contribution in [0, 0.1) is 0 Å². The number of hydrogen-bond donors (Lipinski definition) is 4. The maximum absolute atomic E-state index is 11.8. The fraction of sp³-hybridized carbons (Fsp3) is 0. The largest absolute Gasteiger partial charge is 0.507 e. The first-order chi connectivity index (χ1) is 19.5. The normalized spacial score (nSPS) is 10.9. The summed E-state index contributed by atoms with van der Waals surface area (Å²) in [6, 6.07) is 42.4. The van der Waals surface area contributed by atoms with E-state index in [-0.39, 0.29) is 11.5 Å². The number of rotatable bonds is 5. The van der Waals surface area contributed by atoms with E-state index in [0.717, 1.165) is 33.4 Å². The summed E-state index contributed by atoms with van der Waals surface area (Å²) in [6.07, 6.45) is 0. The van der Waals surface area contributed by atoms with Crippen LogP contribution >= 0.6 is 0 Å². The highest BCUT2D eigenvalue weighted by Crippen LogP contribution is 2.52. The quantitative estimate of drug-likeness (QED) is 0.171. The van der Waals surface area contributed by atoms with Gasteiger partial charge in [0.25, 0.3) is 0 Å². The van der Waals surface area contributed by atoms with Gasteiger partial charge in [0.2, 0.25) is 0 Å². The van der Waals surface area contributed by atoms with E-state index in [2.05, 4.69) is 0 Å². The lowest BCUT2D eigenvalue weighted by molar-refractivity contribution is 0.471. The molecule has 0 saturated heterocycles. The zero-order valence-electron chi connectivity index (χ0n) is 21.8. The maximum atomic E-state index is 11.8. The molecule has 6 aromatic carbocycles. The molecule has 0 saturated carbocycles. The lowest BCUT2D eigenvalue weighted by atomic mass is 9.86. The standard InChI is InChI=1S/C36H28N2O2/c37-33-27(23-13-5-1-6-14-23)21-29(35(39)31(33)25-17-9-3-10-18-25)30-22-28(24-15-7-2-8-16-24)34(38)32(36(30)40)26-19-11-4-12-20-26/h1-22,39-40H,37-38H2. The Morgan fingerprint density at radius 1 is 0.350 bits per heavy atom. The summed E-state index contributed by atoms with van der Waals surface area (Å²) >= 11 is 0. The predicted octanol–water partition coefficient (Wildman–Crippen LogP) is 8.60. The van der Waals surface area contributed by atoms with E-state index in [1.165, 1.54) is 0 Å². The van der Waals surface area contributed by atoms with Crippen LogP contribution in [0.1, 0.15) is 0 Å². The van der Waals surface area contributed by atoms with E-state index in [9.17, 15) is 10.2 Å². The summed E-state index contributed by atoms with van der Waals surface area (Å²) in [5.41, 5.74) is 21.2. The van der Waals surface area contributed by atoms with Gasteiger partial charge in [-0.25, -0.2) is 0 Å². The fourth-order valence-electron chi connectivity index (χ4n) is 5.29. The Kier molecular flexibility index (Phi) is 6.43. The molecule has 4 heteroatoms. The van der Waals surface area contributed by atoms with Crippen molar-refractivity contribution in [2.75, 3.05) is 11.5 Å². The van der Waals surface area contributed by atoms with Gasteiger partial charge in [0.05, 0.1) is 11.4 Å². The van der Waals surface area contributed by atoms with E-state index < -0.39 is 0 Å². The Morgan fingerprint density at radius 3 is 0.925 bits per heavy atom. The second-order valence-electron chi connectivity index (χ2n) is 9.68. The average molecular weight is 521 g/mol. The highest BCUT2D eigenvalue weighted by Gasteiger charge is 2.25. The first-order valence-electron chi connectivity index (χ1n) is 13.1. The molecule has 0 unspecified atom stereocenters. The molecule has 4 nitrogen and oxygen atoms in total. The van der Waals surface area contributed by atoms with Crippen molar-refractivity contribution in [3.05, 3.63) is 133 Å². The third-order valence-corrected chi connectivity index (χ3v) is 7.26. The van der Waals surface area contributed by atoms with Crippen molar-refractivity contribution in [1.29, 1.82) is 0 Å². The van der Waals surface area contributed by atoms with Gasteiger partial charge in [0.15, 0.2) is 0 Å². The first kappa shape index (κ1) is 24.8. The summed E-state index contributed by atoms with van der Waals surface area (Å²) in [6.45, 7) is 0. The number of aromatic hydroxyl groups is 2. The average Bonchev–Trinajstić information content (AvgIpc) is 3.00. The highest BCUT2D eigenvalue weighted by atomic mass is 16.3. The predicted molar refractivity (Wildman–Crippen MR) is 166 cm³/mol. The highest BCUT2D eigenvalue weighted by molar-refractivity contribution is 6.03. The molecule has 0 aromatic heterocycles. The molecular weight excluding hydrogens is 492 g/mol. The van der Waals surface area contributed by atoms with Gasteiger partial charge in [0.1, 0.15) is 11.5 Å². The van der Waals surface area contributed by atoms with Crippen molar-refractivity contribution in [3.8, 4) is 67.1 Å². The SMILES string of the molecule is Nc1c(-c2ccccc2)cc(-c2cc(-c3ccccc3)c(N)c(-c3ccccc3)c2O)c(O)c1-c1ccccc1. The molecule has 0 aliphatic rings. The Hall–Kier alpha value is -5.48. The number of phenols is 2. The van der Waals surface area contributed by atoms with Crippen LogP contribution in [0.5, 0.6) is 11.5 Å². The van der Waals surface area contributed by atoms with Gasteiger partial charge in [-0.2, -0.15) is 0 Å². The van der Waals surface area contributed by atoms with Crippen LogP contribution in [0.4, 0.5) is 11.4 Å². The van der Waals surface area contributed by atoms with Crippen LogP contribution in [-0.4, -0.2) is 10.2 Å². The van der Waals surface area contributed by atoms with Crippen molar-refractivity contribution in [3.63, 3.8) is 0 Å². The van der Waals surface area contributed by atoms with Gasteiger partial charge in [-0.1, -0.05) is 121 Å². The third kappa shape index (κ3) is 4.32. The van der Waals surface area contributed by atoms with Crippen LogP contribution in [-0.2, 0) is 0 Å². The Morgan fingerprint density at radius 2 is 0.625 bits per heavy atom. The maximum Gasteiger partial charge on any atom is 0.133 e. The van der Waals surface area contributed by atoms with E-state index >= 15 is 0 Å². The van der Waals surface area contributed by atoms with Crippen LogP contribution in [0.2, 0.25) is 0 Å². The van der Waals surface area contributed by atoms with Crippen LogP contribution in [0.25, 0.3) is 55.6 Å².